The van der Waals surface area contributed by atoms with Gasteiger partial charge in [0.15, 0.2) is 0 Å². The van der Waals surface area contributed by atoms with Gasteiger partial charge in [-0.15, -0.1) is 6.42 Å². The standard InChI is InChI=1S/C19H28O/c1-6-18-10-11-19(17(5)14-18)20-13-12-16(4)9-7-8-15(2)3/h1,10-11,14-16H,7-9,12-13H2,2-5H3. The van der Waals surface area contributed by atoms with Crippen LogP contribution in [0.5, 0.6) is 5.75 Å². The number of ether oxygens (including phenoxy) is 1. The molecule has 0 aliphatic heterocycles. The Bertz CT molecular complexity index is 440. The van der Waals surface area contributed by atoms with E-state index in [9.17, 15) is 0 Å². The molecule has 0 N–H and O–H groups in total. The minimum Gasteiger partial charge on any atom is -0.493 e. The second-order valence-corrected chi connectivity index (χ2v) is 6.19. The molecule has 0 bridgehead atoms. The molecule has 0 radical (unpaired) electrons. The number of hydrogen-bond acceptors (Lipinski definition) is 1. The van der Waals surface area contributed by atoms with Crippen molar-refractivity contribution < 1.29 is 4.74 Å². The van der Waals surface area contributed by atoms with Crippen LogP contribution in [0.3, 0.4) is 0 Å². The van der Waals surface area contributed by atoms with Crippen molar-refractivity contribution in [3.05, 3.63) is 29.3 Å². The third-order valence-corrected chi connectivity index (χ3v) is 3.69. The van der Waals surface area contributed by atoms with Crippen molar-refractivity contribution in [2.45, 2.75) is 53.4 Å². The fraction of sp³-hybridized carbons (Fsp3) is 0.579. The monoisotopic (exact) mass is 272 g/mol. The summed E-state index contributed by atoms with van der Waals surface area (Å²) in [5.41, 5.74) is 2.03. The maximum atomic E-state index is 5.87. The Balaban J connectivity index is 2.28. The Morgan fingerprint density at radius 1 is 1.15 bits per heavy atom. The molecule has 1 aromatic carbocycles. The lowest BCUT2D eigenvalue weighted by Gasteiger charge is -2.14. The predicted octanol–water partition coefficient (Wildman–Crippen LogP) is 5.21. The van der Waals surface area contributed by atoms with Crippen molar-refractivity contribution in [2.75, 3.05) is 6.61 Å². The van der Waals surface area contributed by atoms with E-state index in [1.165, 1.54) is 19.3 Å². The fourth-order valence-corrected chi connectivity index (χ4v) is 2.29. The highest BCUT2D eigenvalue weighted by Gasteiger charge is 2.05. The van der Waals surface area contributed by atoms with Gasteiger partial charge in [0.25, 0.3) is 0 Å². The van der Waals surface area contributed by atoms with Crippen LogP contribution in [0.1, 0.15) is 57.6 Å². The van der Waals surface area contributed by atoms with Gasteiger partial charge in [0.1, 0.15) is 5.75 Å². The van der Waals surface area contributed by atoms with E-state index in [0.717, 1.165) is 41.7 Å². The van der Waals surface area contributed by atoms with Crippen molar-refractivity contribution in [1.82, 2.24) is 0 Å². The molecule has 0 aromatic heterocycles. The lowest BCUT2D eigenvalue weighted by molar-refractivity contribution is 0.274. The fourth-order valence-electron chi connectivity index (χ4n) is 2.29. The van der Waals surface area contributed by atoms with Gasteiger partial charge in [-0.3, -0.25) is 0 Å². The van der Waals surface area contributed by atoms with E-state index >= 15 is 0 Å². The predicted molar refractivity (Wildman–Crippen MR) is 87.1 cm³/mol. The van der Waals surface area contributed by atoms with E-state index in [4.69, 9.17) is 11.2 Å². The summed E-state index contributed by atoms with van der Waals surface area (Å²) in [5, 5.41) is 0. The smallest absolute Gasteiger partial charge is 0.122 e. The molecule has 0 spiro atoms. The van der Waals surface area contributed by atoms with Crippen LogP contribution in [-0.2, 0) is 0 Å². The largest absolute Gasteiger partial charge is 0.493 e. The Labute approximate surface area is 124 Å². The highest BCUT2D eigenvalue weighted by Crippen LogP contribution is 2.20. The number of terminal acetylenes is 1. The van der Waals surface area contributed by atoms with E-state index in [1.807, 2.05) is 25.1 Å². The van der Waals surface area contributed by atoms with Crippen LogP contribution < -0.4 is 4.74 Å². The quantitative estimate of drug-likeness (QED) is 0.590. The van der Waals surface area contributed by atoms with Crippen LogP contribution in [0.2, 0.25) is 0 Å². The molecule has 0 fully saturated rings. The minimum absolute atomic E-state index is 0.735. The van der Waals surface area contributed by atoms with E-state index in [2.05, 4.69) is 26.7 Å². The molecule has 0 amide bonds. The Morgan fingerprint density at radius 2 is 1.90 bits per heavy atom. The second-order valence-electron chi connectivity index (χ2n) is 6.19. The molecule has 110 valence electrons. The second kappa shape index (κ2) is 8.69. The number of hydrogen-bond donors (Lipinski definition) is 0. The molecule has 20 heavy (non-hydrogen) atoms. The normalized spacial score (nSPS) is 12.2. The van der Waals surface area contributed by atoms with Crippen molar-refractivity contribution >= 4 is 0 Å². The van der Waals surface area contributed by atoms with Crippen molar-refractivity contribution in [3.8, 4) is 18.1 Å². The van der Waals surface area contributed by atoms with Gasteiger partial charge in [-0.1, -0.05) is 46.0 Å². The summed E-state index contributed by atoms with van der Waals surface area (Å²) < 4.78 is 5.87. The summed E-state index contributed by atoms with van der Waals surface area (Å²) in [6.45, 7) is 9.73. The zero-order valence-electron chi connectivity index (χ0n) is 13.4. The van der Waals surface area contributed by atoms with Crippen LogP contribution in [0.25, 0.3) is 0 Å². The maximum Gasteiger partial charge on any atom is 0.122 e. The molecule has 0 saturated carbocycles. The van der Waals surface area contributed by atoms with Gasteiger partial charge in [-0.05, 0) is 48.9 Å². The highest BCUT2D eigenvalue weighted by molar-refractivity contribution is 5.42. The molecule has 0 aliphatic rings. The first kappa shape index (κ1) is 16.6. The SMILES string of the molecule is C#Cc1ccc(OCCC(C)CCCC(C)C)c(C)c1. The number of rotatable bonds is 8. The van der Waals surface area contributed by atoms with Crippen LogP contribution in [0, 0.1) is 31.1 Å². The van der Waals surface area contributed by atoms with Crippen molar-refractivity contribution in [2.24, 2.45) is 11.8 Å². The average Bonchev–Trinajstić information content (AvgIpc) is 2.40. The highest BCUT2D eigenvalue weighted by atomic mass is 16.5. The summed E-state index contributed by atoms with van der Waals surface area (Å²) in [6, 6.07) is 5.92. The molecule has 1 aromatic rings. The molecular weight excluding hydrogens is 244 g/mol. The first-order valence-electron chi connectivity index (χ1n) is 7.73. The first-order valence-corrected chi connectivity index (χ1v) is 7.73. The van der Waals surface area contributed by atoms with E-state index in [0.29, 0.717) is 0 Å². The van der Waals surface area contributed by atoms with Gasteiger partial charge in [-0.2, -0.15) is 0 Å². The van der Waals surface area contributed by atoms with Crippen LogP contribution in [0.4, 0.5) is 0 Å². The molecule has 1 heteroatoms. The van der Waals surface area contributed by atoms with E-state index < -0.39 is 0 Å². The molecule has 1 nitrogen and oxygen atoms in total. The minimum atomic E-state index is 0.735. The molecule has 0 saturated heterocycles. The molecule has 0 aliphatic carbocycles. The summed E-state index contributed by atoms with van der Waals surface area (Å²) >= 11 is 0. The summed E-state index contributed by atoms with van der Waals surface area (Å²) in [6.07, 6.45) is 10.5. The first-order chi connectivity index (χ1) is 9.52. The third-order valence-electron chi connectivity index (χ3n) is 3.69. The van der Waals surface area contributed by atoms with Crippen LogP contribution >= 0.6 is 0 Å². The number of benzene rings is 1. The molecule has 0 heterocycles. The average molecular weight is 272 g/mol. The van der Waals surface area contributed by atoms with Gasteiger partial charge >= 0.3 is 0 Å². The zero-order chi connectivity index (χ0) is 15.0. The lowest BCUT2D eigenvalue weighted by atomic mass is 9.98. The molecule has 1 rings (SSSR count). The molecule has 1 atom stereocenters. The van der Waals surface area contributed by atoms with Crippen LogP contribution in [0.15, 0.2) is 18.2 Å². The topological polar surface area (TPSA) is 9.23 Å². The van der Waals surface area contributed by atoms with Gasteiger partial charge in [0.2, 0.25) is 0 Å². The third kappa shape index (κ3) is 6.15. The number of aryl methyl sites for hydroxylation is 1. The Morgan fingerprint density at radius 3 is 2.50 bits per heavy atom. The summed E-state index contributed by atoms with van der Waals surface area (Å²) in [7, 11) is 0. The van der Waals surface area contributed by atoms with Crippen LogP contribution in [-0.4, -0.2) is 6.61 Å². The zero-order valence-corrected chi connectivity index (χ0v) is 13.4. The lowest BCUT2D eigenvalue weighted by Crippen LogP contribution is -2.05. The molecular formula is C19H28O. The van der Waals surface area contributed by atoms with Gasteiger partial charge in [0.05, 0.1) is 6.61 Å². The molecule has 1 unspecified atom stereocenters. The Hall–Kier alpha value is -1.42. The van der Waals surface area contributed by atoms with Gasteiger partial charge in [-0.25, -0.2) is 0 Å². The Kier molecular flexibility index (Phi) is 7.23. The van der Waals surface area contributed by atoms with E-state index in [-0.39, 0.29) is 0 Å². The van der Waals surface area contributed by atoms with Crippen molar-refractivity contribution in [1.29, 1.82) is 0 Å². The summed E-state index contributed by atoms with van der Waals surface area (Å²) in [5.74, 6) is 5.15. The van der Waals surface area contributed by atoms with Gasteiger partial charge in [0, 0.05) is 5.56 Å². The van der Waals surface area contributed by atoms with E-state index in [1.54, 1.807) is 0 Å². The summed E-state index contributed by atoms with van der Waals surface area (Å²) in [4.78, 5) is 0. The maximum absolute atomic E-state index is 5.87. The van der Waals surface area contributed by atoms with Crippen molar-refractivity contribution in [3.63, 3.8) is 0 Å². The van der Waals surface area contributed by atoms with Gasteiger partial charge < -0.3 is 4.74 Å².